The van der Waals surface area contributed by atoms with E-state index in [0.717, 1.165) is 0 Å². The molecule has 66 valence electrons. The van der Waals surface area contributed by atoms with Crippen molar-refractivity contribution in [2.24, 2.45) is 0 Å². The Labute approximate surface area is 74.4 Å². The van der Waals surface area contributed by atoms with Crippen molar-refractivity contribution < 1.29 is 4.79 Å². The average molecular weight is 176 g/mol. The minimum atomic E-state index is -0.191. The number of hydrogen-bond donors (Lipinski definition) is 1. The van der Waals surface area contributed by atoms with Crippen molar-refractivity contribution in [3.05, 3.63) is 30.2 Å². The summed E-state index contributed by atoms with van der Waals surface area (Å²) in [6, 6.07) is 3.37. The molecule has 13 heavy (non-hydrogen) atoms. The van der Waals surface area contributed by atoms with E-state index in [-0.39, 0.29) is 5.91 Å². The van der Waals surface area contributed by atoms with Gasteiger partial charge >= 0.3 is 0 Å². The highest BCUT2D eigenvalue weighted by atomic mass is 16.1. The van der Waals surface area contributed by atoms with Crippen LogP contribution in [0.5, 0.6) is 0 Å². The van der Waals surface area contributed by atoms with Crippen molar-refractivity contribution in [1.82, 2.24) is 19.9 Å². The van der Waals surface area contributed by atoms with E-state index in [0.29, 0.717) is 11.3 Å². The van der Waals surface area contributed by atoms with Crippen molar-refractivity contribution in [3.63, 3.8) is 0 Å². The molecule has 0 unspecified atom stereocenters. The molecule has 0 aromatic carbocycles. The number of aromatic nitrogens is 3. The molecule has 5 heteroatoms. The first-order valence-corrected chi connectivity index (χ1v) is 3.84. The Bertz CT molecular complexity index is 448. The third-order valence-corrected chi connectivity index (χ3v) is 1.72. The van der Waals surface area contributed by atoms with Gasteiger partial charge < -0.3 is 5.32 Å². The van der Waals surface area contributed by atoms with E-state index >= 15 is 0 Å². The number of nitrogens with zero attached hydrogens (tertiary/aromatic N) is 3. The lowest BCUT2D eigenvalue weighted by atomic mass is 10.4. The van der Waals surface area contributed by atoms with Gasteiger partial charge in [0.25, 0.3) is 5.91 Å². The van der Waals surface area contributed by atoms with Crippen LogP contribution >= 0.6 is 0 Å². The average Bonchev–Trinajstić information content (AvgIpc) is 2.63. The minimum Gasteiger partial charge on any atom is -0.354 e. The van der Waals surface area contributed by atoms with Gasteiger partial charge in [-0.2, -0.15) is 5.10 Å². The Morgan fingerprint density at radius 2 is 2.38 bits per heavy atom. The first-order valence-electron chi connectivity index (χ1n) is 3.84. The van der Waals surface area contributed by atoms with Crippen LogP contribution in [0, 0.1) is 0 Å². The molecule has 0 atom stereocenters. The van der Waals surface area contributed by atoms with Gasteiger partial charge in [0.2, 0.25) is 0 Å². The van der Waals surface area contributed by atoms with Crippen molar-refractivity contribution in [2.45, 2.75) is 0 Å². The molecule has 0 aliphatic rings. The lowest BCUT2D eigenvalue weighted by Crippen LogP contribution is -2.19. The molecular weight excluding hydrogens is 168 g/mol. The molecule has 2 aromatic rings. The van der Waals surface area contributed by atoms with E-state index < -0.39 is 0 Å². The zero-order chi connectivity index (χ0) is 9.26. The minimum absolute atomic E-state index is 0.191. The maximum atomic E-state index is 11.2. The van der Waals surface area contributed by atoms with Crippen LogP contribution in [0.15, 0.2) is 24.5 Å². The Morgan fingerprint density at radius 1 is 1.54 bits per heavy atom. The molecule has 1 amide bonds. The molecule has 2 heterocycles. The molecule has 0 spiro atoms. The van der Waals surface area contributed by atoms with Crippen molar-refractivity contribution in [1.29, 1.82) is 0 Å². The van der Waals surface area contributed by atoms with Gasteiger partial charge in [-0.3, -0.25) is 4.79 Å². The fourth-order valence-electron chi connectivity index (χ4n) is 1.07. The fraction of sp³-hybridized carbons (Fsp3) is 0.125. The summed E-state index contributed by atoms with van der Waals surface area (Å²) in [5, 5.41) is 6.47. The van der Waals surface area contributed by atoms with E-state index in [9.17, 15) is 4.79 Å². The number of fused-ring (bicyclic) bond motifs is 1. The van der Waals surface area contributed by atoms with Crippen LogP contribution in [-0.2, 0) is 0 Å². The maximum absolute atomic E-state index is 11.2. The van der Waals surface area contributed by atoms with Crippen LogP contribution in [0.3, 0.4) is 0 Å². The summed E-state index contributed by atoms with van der Waals surface area (Å²) >= 11 is 0. The zero-order valence-electron chi connectivity index (χ0n) is 7.06. The zero-order valence-corrected chi connectivity index (χ0v) is 7.06. The number of hydrogen-bond acceptors (Lipinski definition) is 3. The summed E-state index contributed by atoms with van der Waals surface area (Å²) < 4.78 is 1.60. The van der Waals surface area contributed by atoms with Crippen LogP contribution in [0.1, 0.15) is 10.5 Å². The van der Waals surface area contributed by atoms with Crippen molar-refractivity contribution in [2.75, 3.05) is 7.05 Å². The molecule has 0 radical (unpaired) electrons. The molecule has 2 rings (SSSR count). The highest BCUT2D eigenvalue weighted by Gasteiger charge is 2.05. The van der Waals surface area contributed by atoms with Gasteiger partial charge in [-0.25, -0.2) is 9.50 Å². The topological polar surface area (TPSA) is 59.3 Å². The monoisotopic (exact) mass is 176 g/mol. The standard InChI is InChI=1S/C8H8N4O/c1-9-8(13)6-3-5-12-7(11-6)2-4-10-12/h2-5H,1H3,(H,9,13). The van der Waals surface area contributed by atoms with E-state index in [1.165, 1.54) is 0 Å². The van der Waals surface area contributed by atoms with Gasteiger partial charge in [0.1, 0.15) is 5.69 Å². The highest BCUT2D eigenvalue weighted by molar-refractivity contribution is 5.92. The Balaban J connectivity index is 2.54. The van der Waals surface area contributed by atoms with Crippen LogP contribution < -0.4 is 5.32 Å². The molecule has 0 fully saturated rings. The maximum Gasteiger partial charge on any atom is 0.269 e. The van der Waals surface area contributed by atoms with Gasteiger partial charge in [0.05, 0.1) is 6.20 Å². The molecule has 0 aliphatic heterocycles. The molecular formula is C8H8N4O. The number of carbonyl (C=O) groups excluding carboxylic acids is 1. The molecule has 5 nitrogen and oxygen atoms in total. The van der Waals surface area contributed by atoms with Gasteiger partial charge in [0, 0.05) is 19.3 Å². The highest BCUT2D eigenvalue weighted by Crippen LogP contribution is 2.00. The van der Waals surface area contributed by atoms with Gasteiger partial charge in [-0.15, -0.1) is 0 Å². The normalized spacial score (nSPS) is 10.2. The van der Waals surface area contributed by atoms with Crippen molar-refractivity contribution in [3.8, 4) is 0 Å². The van der Waals surface area contributed by atoms with E-state index in [2.05, 4.69) is 15.4 Å². The summed E-state index contributed by atoms with van der Waals surface area (Å²) in [7, 11) is 1.57. The Kier molecular flexibility index (Phi) is 1.70. The quantitative estimate of drug-likeness (QED) is 0.669. The Hall–Kier alpha value is -1.91. The first kappa shape index (κ1) is 7.72. The van der Waals surface area contributed by atoms with E-state index in [1.807, 2.05) is 0 Å². The molecule has 2 aromatic heterocycles. The molecule has 0 bridgehead atoms. The number of rotatable bonds is 1. The predicted molar refractivity (Wildman–Crippen MR) is 46.4 cm³/mol. The van der Waals surface area contributed by atoms with E-state index in [1.54, 1.807) is 36.1 Å². The second kappa shape index (κ2) is 2.85. The molecule has 0 saturated heterocycles. The summed E-state index contributed by atoms with van der Waals surface area (Å²) in [6.45, 7) is 0. The largest absolute Gasteiger partial charge is 0.354 e. The predicted octanol–water partition coefficient (Wildman–Crippen LogP) is 0.0889. The van der Waals surface area contributed by atoms with Gasteiger partial charge in [0.15, 0.2) is 5.65 Å². The lowest BCUT2D eigenvalue weighted by Gasteiger charge is -1.98. The summed E-state index contributed by atoms with van der Waals surface area (Å²) in [6.07, 6.45) is 3.34. The first-order chi connectivity index (χ1) is 6.31. The lowest BCUT2D eigenvalue weighted by molar-refractivity contribution is 0.0958. The molecule has 0 saturated carbocycles. The number of nitrogens with one attached hydrogen (secondary N) is 1. The summed E-state index contributed by atoms with van der Waals surface area (Å²) in [5.74, 6) is -0.191. The SMILES string of the molecule is CNC(=O)c1ccn2nccc2n1. The Morgan fingerprint density at radius 3 is 3.15 bits per heavy atom. The van der Waals surface area contributed by atoms with E-state index in [4.69, 9.17) is 0 Å². The number of amides is 1. The van der Waals surface area contributed by atoms with Crippen LogP contribution in [0.4, 0.5) is 0 Å². The second-order valence-electron chi connectivity index (χ2n) is 2.53. The second-order valence-corrected chi connectivity index (χ2v) is 2.53. The van der Waals surface area contributed by atoms with Crippen LogP contribution in [0.2, 0.25) is 0 Å². The summed E-state index contributed by atoms with van der Waals surface area (Å²) in [4.78, 5) is 15.3. The third kappa shape index (κ3) is 1.24. The smallest absolute Gasteiger partial charge is 0.269 e. The van der Waals surface area contributed by atoms with Gasteiger partial charge in [-0.1, -0.05) is 0 Å². The van der Waals surface area contributed by atoms with Crippen LogP contribution in [-0.4, -0.2) is 27.6 Å². The third-order valence-electron chi connectivity index (χ3n) is 1.72. The van der Waals surface area contributed by atoms with Gasteiger partial charge in [-0.05, 0) is 6.07 Å². The molecule has 0 aliphatic carbocycles. The fourth-order valence-corrected chi connectivity index (χ4v) is 1.07. The van der Waals surface area contributed by atoms with Crippen LogP contribution in [0.25, 0.3) is 5.65 Å². The number of carbonyl (C=O) groups is 1. The van der Waals surface area contributed by atoms with Crippen molar-refractivity contribution >= 4 is 11.6 Å². The molecule has 1 N–H and O–H groups in total. The summed E-state index contributed by atoms with van der Waals surface area (Å²) in [5.41, 5.74) is 1.07.